The van der Waals surface area contributed by atoms with Gasteiger partial charge in [0.25, 0.3) is 11.5 Å². The minimum absolute atomic E-state index is 0.156. The lowest BCUT2D eigenvalue weighted by molar-refractivity contribution is 0.0662. The van der Waals surface area contributed by atoms with Crippen molar-refractivity contribution in [3.05, 3.63) is 69.1 Å². The highest BCUT2D eigenvalue weighted by atomic mass is 16.2. The van der Waals surface area contributed by atoms with E-state index < -0.39 is 0 Å². The van der Waals surface area contributed by atoms with Gasteiger partial charge in [-0.15, -0.1) is 0 Å². The molecule has 26 heavy (non-hydrogen) atoms. The van der Waals surface area contributed by atoms with Gasteiger partial charge in [0.05, 0.1) is 0 Å². The second-order valence-corrected chi connectivity index (χ2v) is 7.61. The number of pyridine rings is 1. The number of benzene rings is 1. The van der Waals surface area contributed by atoms with Crippen LogP contribution in [0.4, 0.5) is 0 Å². The number of carbonyl (C=O) groups excluding carboxylic acids is 1. The lowest BCUT2D eigenvalue weighted by Gasteiger charge is -2.29. The Morgan fingerprint density at radius 1 is 1.15 bits per heavy atom. The Morgan fingerprint density at radius 2 is 1.85 bits per heavy atom. The number of carbonyl (C=O) groups is 1. The Balaban J connectivity index is 1.92. The molecular weight excluding hydrogens is 324 g/mol. The summed E-state index contributed by atoms with van der Waals surface area (Å²) in [4.78, 5) is 30.6. The summed E-state index contributed by atoms with van der Waals surface area (Å²) in [5.74, 6) is 0.0708. The summed E-state index contributed by atoms with van der Waals surface area (Å²) in [5, 5.41) is 0. The normalized spacial score (nSPS) is 14.8. The smallest absolute Gasteiger partial charge is 0.261 e. The molecule has 0 saturated heterocycles. The van der Waals surface area contributed by atoms with Gasteiger partial charge in [0.2, 0.25) is 0 Å². The number of aromatic amines is 1. The highest BCUT2D eigenvalue weighted by Crippen LogP contribution is 2.27. The third-order valence-electron chi connectivity index (χ3n) is 5.41. The summed E-state index contributed by atoms with van der Waals surface area (Å²) in [6.07, 6.45) is 4.31. The monoisotopic (exact) mass is 352 g/mol. The molecular formula is C22H28N2O2. The fourth-order valence-electron chi connectivity index (χ4n) is 3.70. The number of aryl methyl sites for hydroxylation is 1. The molecule has 2 aromatic rings. The number of hydrogen-bond donors (Lipinski definition) is 1. The Hall–Kier alpha value is -2.36. The van der Waals surface area contributed by atoms with E-state index in [1.165, 1.54) is 5.56 Å². The molecule has 1 saturated carbocycles. The molecule has 0 spiro atoms. The highest BCUT2D eigenvalue weighted by molar-refractivity contribution is 5.94. The lowest BCUT2D eigenvalue weighted by atomic mass is 10.0. The first-order valence-corrected chi connectivity index (χ1v) is 9.56. The van der Waals surface area contributed by atoms with Crippen molar-refractivity contribution in [1.82, 2.24) is 9.88 Å². The summed E-state index contributed by atoms with van der Waals surface area (Å²) < 4.78 is 0. The zero-order valence-electron chi connectivity index (χ0n) is 15.9. The molecule has 3 rings (SSSR count). The van der Waals surface area contributed by atoms with E-state index in [9.17, 15) is 9.59 Å². The second kappa shape index (κ2) is 7.90. The summed E-state index contributed by atoms with van der Waals surface area (Å²) in [6, 6.07) is 11.9. The number of nitrogens with zero attached hydrogens (tertiary/aromatic N) is 1. The molecule has 1 fully saturated rings. The summed E-state index contributed by atoms with van der Waals surface area (Å²) in [6.45, 7) is 6.67. The van der Waals surface area contributed by atoms with E-state index in [1.807, 2.05) is 36.9 Å². The van der Waals surface area contributed by atoms with Gasteiger partial charge in [-0.2, -0.15) is 0 Å². The van der Waals surface area contributed by atoms with Crippen molar-refractivity contribution in [1.29, 1.82) is 0 Å². The van der Waals surface area contributed by atoms with Crippen LogP contribution in [0.1, 0.15) is 72.6 Å². The third-order valence-corrected chi connectivity index (χ3v) is 5.41. The van der Waals surface area contributed by atoms with E-state index >= 15 is 0 Å². The number of amides is 1. The standard InChI is InChI=1S/C22H28N2O2/c1-15(2)20-13-12-19(21(25)23-20)22(26)24(18-10-6-7-11-18)14-17-9-5-4-8-16(17)3/h4-5,8-9,12-13,15,18H,6-7,10-11,14H2,1-3H3,(H,23,25). The van der Waals surface area contributed by atoms with Crippen molar-refractivity contribution in [3.63, 3.8) is 0 Å². The molecule has 1 heterocycles. The lowest BCUT2D eigenvalue weighted by Crippen LogP contribution is -2.40. The van der Waals surface area contributed by atoms with Crippen molar-refractivity contribution < 1.29 is 4.79 Å². The molecule has 1 aromatic carbocycles. The predicted octanol–water partition coefficient (Wildman–Crippen LogP) is 4.39. The number of nitrogens with one attached hydrogen (secondary N) is 1. The molecule has 1 amide bonds. The number of aromatic nitrogens is 1. The van der Waals surface area contributed by atoms with E-state index in [4.69, 9.17) is 0 Å². The van der Waals surface area contributed by atoms with Crippen LogP contribution in [0.2, 0.25) is 0 Å². The minimum Gasteiger partial charge on any atom is -0.331 e. The van der Waals surface area contributed by atoms with Crippen LogP contribution in [-0.4, -0.2) is 21.8 Å². The number of H-pyrrole nitrogens is 1. The van der Waals surface area contributed by atoms with E-state index in [0.29, 0.717) is 6.54 Å². The first-order chi connectivity index (χ1) is 12.5. The van der Waals surface area contributed by atoms with Gasteiger partial charge in [0, 0.05) is 18.3 Å². The van der Waals surface area contributed by atoms with Crippen molar-refractivity contribution in [2.75, 3.05) is 0 Å². The van der Waals surface area contributed by atoms with E-state index in [0.717, 1.165) is 36.9 Å². The van der Waals surface area contributed by atoms with E-state index in [-0.39, 0.29) is 29.0 Å². The second-order valence-electron chi connectivity index (χ2n) is 7.61. The SMILES string of the molecule is Cc1ccccc1CN(C(=O)c1ccc(C(C)C)[nH]c1=O)C1CCCC1. The molecule has 1 aliphatic rings. The molecule has 1 aliphatic carbocycles. The van der Waals surface area contributed by atoms with Crippen molar-refractivity contribution in [2.24, 2.45) is 0 Å². The number of rotatable bonds is 5. The molecule has 0 atom stereocenters. The van der Waals surface area contributed by atoms with Crippen molar-refractivity contribution in [3.8, 4) is 0 Å². The molecule has 4 nitrogen and oxygen atoms in total. The molecule has 4 heteroatoms. The Labute approximate surface area is 155 Å². The molecule has 0 radical (unpaired) electrons. The highest BCUT2D eigenvalue weighted by Gasteiger charge is 2.29. The Bertz CT molecular complexity index is 832. The van der Waals surface area contributed by atoms with Gasteiger partial charge in [-0.05, 0) is 48.9 Å². The molecule has 0 unspecified atom stereocenters. The van der Waals surface area contributed by atoms with E-state index in [1.54, 1.807) is 6.07 Å². The summed E-state index contributed by atoms with van der Waals surface area (Å²) in [5.41, 5.74) is 3.14. The van der Waals surface area contributed by atoms with Crippen molar-refractivity contribution in [2.45, 2.75) is 65.0 Å². The van der Waals surface area contributed by atoms with E-state index in [2.05, 4.69) is 24.0 Å². The van der Waals surface area contributed by atoms with Crippen LogP contribution >= 0.6 is 0 Å². The zero-order valence-corrected chi connectivity index (χ0v) is 15.9. The minimum atomic E-state index is -0.283. The number of hydrogen-bond acceptors (Lipinski definition) is 2. The summed E-state index contributed by atoms with van der Waals surface area (Å²) >= 11 is 0. The molecule has 1 aromatic heterocycles. The fourth-order valence-corrected chi connectivity index (χ4v) is 3.70. The first kappa shape index (κ1) is 18.4. The van der Waals surface area contributed by atoms with Gasteiger partial charge in [-0.3, -0.25) is 9.59 Å². The van der Waals surface area contributed by atoms with Gasteiger partial charge in [0.15, 0.2) is 0 Å². The van der Waals surface area contributed by atoms with Crippen LogP contribution in [0.3, 0.4) is 0 Å². The average Bonchev–Trinajstić information content (AvgIpc) is 3.14. The molecule has 0 bridgehead atoms. The van der Waals surface area contributed by atoms with Crippen LogP contribution in [-0.2, 0) is 6.54 Å². The third kappa shape index (κ3) is 3.90. The van der Waals surface area contributed by atoms with Crippen LogP contribution in [0.25, 0.3) is 0 Å². The average molecular weight is 352 g/mol. The van der Waals surface area contributed by atoms with Gasteiger partial charge in [0.1, 0.15) is 5.56 Å². The van der Waals surface area contributed by atoms with Gasteiger partial charge in [-0.1, -0.05) is 51.0 Å². The predicted molar refractivity (Wildman–Crippen MR) is 104 cm³/mol. The van der Waals surface area contributed by atoms with Gasteiger partial charge >= 0.3 is 0 Å². The fraction of sp³-hybridized carbons (Fsp3) is 0.455. The zero-order chi connectivity index (χ0) is 18.7. The molecule has 0 aliphatic heterocycles. The first-order valence-electron chi connectivity index (χ1n) is 9.56. The van der Waals surface area contributed by atoms with Crippen LogP contribution in [0.5, 0.6) is 0 Å². The molecule has 1 N–H and O–H groups in total. The Morgan fingerprint density at radius 3 is 2.46 bits per heavy atom. The summed E-state index contributed by atoms with van der Waals surface area (Å²) in [7, 11) is 0. The maximum atomic E-state index is 13.3. The maximum Gasteiger partial charge on any atom is 0.261 e. The quantitative estimate of drug-likeness (QED) is 0.867. The van der Waals surface area contributed by atoms with Crippen molar-refractivity contribution >= 4 is 5.91 Å². The Kier molecular flexibility index (Phi) is 5.60. The topological polar surface area (TPSA) is 53.2 Å². The maximum absolute atomic E-state index is 13.3. The molecule has 138 valence electrons. The van der Waals surface area contributed by atoms with Gasteiger partial charge < -0.3 is 9.88 Å². The largest absolute Gasteiger partial charge is 0.331 e. The van der Waals surface area contributed by atoms with Crippen LogP contribution in [0.15, 0.2) is 41.2 Å². The van der Waals surface area contributed by atoms with Gasteiger partial charge in [-0.25, -0.2) is 0 Å². The van der Waals surface area contributed by atoms with Crippen LogP contribution in [0, 0.1) is 6.92 Å². The van der Waals surface area contributed by atoms with Crippen LogP contribution < -0.4 is 5.56 Å².